The monoisotopic (exact) mass is 468 g/mol. The number of rotatable bonds is 4. The summed E-state index contributed by atoms with van der Waals surface area (Å²) < 4.78 is 5.70. The Morgan fingerprint density at radius 1 is 1.26 bits per heavy atom. The molecule has 0 saturated carbocycles. The quantitative estimate of drug-likeness (QED) is 0.714. The molecule has 1 aliphatic carbocycles. The highest BCUT2D eigenvalue weighted by Crippen LogP contribution is 2.40. The predicted octanol–water partition coefficient (Wildman–Crippen LogP) is 3.07. The van der Waals surface area contributed by atoms with Crippen molar-refractivity contribution in [2.24, 2.45) is 0 Å². The van der Waals surface area contributed by atoms with Crippen molar-refractivity contribution in [1.29, 1.82) is 5.26 Å². The molecule has 2 aromatic rings. The zero-order valence-corrected chi connectivity index (χ0v) is 20.4. The fraction of sp³-hybridized carbons (Fsp3) is 0.429. The maximum Gasteiger partial charge on any atom is 0.101 e. The van der Waals surface area contributed by atoms with Gasteiger partial charge in [-0.2, -0.15) is 5.26 Å². The summed E-state index contributed by atoms with van der Waals surface area (Å²) in [6.07, 6.45) is 8.69. The van der Waals surface area contributed by atoms with E-state index in [2.05, 4.69) is 62.7 Å². The number of piperidine rings is 1. The molecule has 7 nitrogen and oxygen atoms in total. The van der Waals surface area contributed by atoms with Crippen molar-refractivity contribution in [3.8, 4) is 6.07 Å². The number of anilines is 1. The van der Waals surface area contributed by atoms with Gasteiger partial charge >= 0.3 is 0 Å². The minimum Gasteiger partial charge on any atom is -0.380 e. The summed E-state index contributed by atoms with van der Waals surface area (Å²) in [6.45, 7) is 7.05. The Labute approximate surface area is 206 Å². The van der Waals surface area contributed by atoms with Crippen molar-refractivity contribution in [2.45, 2.75) is 38.0 Å². The molecule has 3 aliphatic heterocycles. The molecule has 35 heavy (non-hydrogen) atoms. The summed E-state index contributed by atoms with van der Waals surface area (Å²) >= 11 is 0. The molecule has 0 spiro atoms. The number of hydrogen-bond acceptors (Lipinski definition) is 7. The van der Waals surface area contributed by atoms with Gasteiger partial charge in [-0.25, -0.2) is 0 Å². The van der Waals surface area contributed by atoms with E-state index in [1.807, 2.05) is 12.1 Å². The number of nitriles is 1. The molecule has 3 atom stereocenters. The van der Waals surface area contributed by atoms with Gasteiger partial charge in [0.2, 0.25) is 0 Å². The second kappa shape index (κ2) is 9.03. The molecule has 4 heterocycles. The largest absolute Gasteiger partial charge is 0.380 e. The molecule has 0 unspecified atom stereocenters. The van der Waals surface area contributed by atoms with Crippen LogP contribution in [0.5, 0.6) is 0 Å². The van der Waals surface area contributed by atoms with Crippen LogP contribution >= 0.6 is 0 Å². The van der Waals surface area contributed by atoms with Crippen LogP contribution in [0.1, 0.15) is 25.3 Å². The van der Waals surface area contributed by atoms with Crippen LogP contribution in [0.25, 0.3) is 10.9 Å². The first kappa shape index (κ1) is 22.1. The second-order valence-corrected chi connectivity index (χ2v) is 9.98. The Hall–Kier alpha value is -3.34. The Kier molecular flexibility index (Phi) is 5.71. The van der Waals surface area contributed by atoms with Gasteiger partial charge in [0.05, 0.1) is 29.8 Å². The van der Waals surface area contributed by atoms with E-state index in [1.54, 1.807) is 13.3 Å². The van der Waals surface area contributed by atoms with E-state index in [9.17, 15) is 5.26 Å². The number of aromatic nitrogens is 1. The van der Waals surface area contributed by atoms with Crippen LogP contribution in [0.15, 0.2) is 65.2 Å². The SMILES string of the molecule is CO[C@H]1CNCC[C@H]1NC1=CCC2=C3CN(c4ccc(C#N)c5ncccc45)C[C@@H](C)N3CC2=C1. The summed E-state index contributed by atoms with van der Waals surface area (Å²) in [4.78, 5) is 9.57. The molecular formula is C28H32N6O. The normalized spacial score (nSPS) is 26.1. The van der Waals surface area contributed by atoms with Crippen LogP contribution in [0, 0.1) is 11.3 Å². The van der Waals surface area contributed by atoms with Crippen molar-refractivity contribution in [3.05, 3.63) is 70.7 Å². The van der Waals surface area contributed by atoms with Crippen molar-refractivity contribution in [1.82, 2.24) is 20.5 Å². The standard InChI is InChI=1S/C28H32N6O/c1-18-15-33(25-8-5-19(13-29)28-23(25)4-3-10-31-28)17-26-22-7-6-21(12-20(22)16-34(18)26)32-24-9-11-30-14-27(24)35-2/h3-6,8,10,12,18,24,27,30,32H,7,9,11,14-17H2,1-2H3/t18-,24-,27+/m1/s1. The average Bonchev–Trinajstić information content (AvgIpc) is 3.27. The van der Waals surface area contributed by atoms with Crippen molar-refractivity contribution >= 4 is 16.6 Å². The fourth-order valence-corrected chi connectivity index (χ4v) is 6.11. The van der Waals surface area contributed by atoms with Crippen LogP contribution < -0.4 is 15.5 Å². The van der Waals surface area contributed by atoms with E-state index in [0.717, 1.165) is 62.2 Å². The highest BCUT2D eigenvalue weighted by molar-refractivity contribution is 5.95. The maximum atomic E-state index is 9.54. The first-order valence-electron chi connectivity index (χ1n) is 12.6. The summed E-state index contributed by atoms with van der Waals surface area (Å²) in [5, 5.41) is 17.8. The smallest absolute Gasteiger partial charge is 0.101 e. The van der Waals surface area contributed by atoms with E-state index in [-0.39, 0.29) is 6.10 Å². The van der Waals surface area contributed by atoms with Crippen molar-refractivity contribution in [3.63, 3.8) is 0 Å². The first-order valence-corrected chi connectivity index (χ1v) is 12.6. The number of allylic oxidation sites excluding steroid dienone is 2. The van der Waals surface area contributed by atoms with Gasteiger partial charge in [0.15, 0.2) is 0 Å². The van der Waals surface area contributed by atoms with E-state index < -0.39 is 0 Å². The minimum absolute atomic E-state index is 0.197. The van der Waals surface area contributed by atoms with Gasteiger partial charge in [0.1, 0.15) is 6.07 Å². The Morgan fingerprint density at radius 3 is 3.03 bits per heavy atom. The number of hydrogen-bond donors (Lipinski definition) is 2. The van der Waals surface area contributed by atoms with Gasteiger partial charge in [0.25, 0.3) is 0 Å². The van der Waals surface area contributed by atoms with Crippen LogP contribution in [-0.4, -0.2) is 67.9 Å². The Balaban J connectivity index is 1.27. The van der Waals surface area contributed by atoms with Crippen molar-refractivity contribution in [2.75, 3.05) is 44.7 Å². The van der Waals surface area contributed by atoms with Gasteiger partial charge in [0, 0.05) is 61.5 Å². The molecule has 1 aromatic carbocycles. The van der Waals surface area contributed by atoms with Crippen molar-refractivity contribution < 1.29 is 4.74 Å². The van der Waals surface area contributed by atoms with Crippen LogP contribution in [0.3, 0.4) is 0 Å². The summed E-state index contributed by atoms with van der Waals surface area (Å²) in [5.74, 6) is 0. The van der Waals surface area contributed by atoms with Crippen LogP contribution in [0.4, 0.5) is 5.69 Å². The highest BCUT2D eigenvalue weighted by Gasteiger charge is 2.37. The number of pyridine rings is 1. The fourth-order valence-electron chi connectivity index (χ4n) is 6.11. The number of ether oxygens (including phenoxy) is 1. The first-order chi connectivity index (χ1) is 17.2. The molecule has 0 bridgehead atoms. The number of nitrogens with one attached hydrogen (secondary N) is 2. The number of fused-ring (bicyclic) bond motifs is 3. The Bertz CT molecular complexity index is 1290. The van der Waals surface area contributed by atoms with E-state index in [4.69, 9.17) is 4.74 Å². The van der Waals surface area contributed by atoms with Crippen LogP contribution in [-0.2, 0) is 4.74 Å². The lowest BCUT2D eigenvalue weighted by Crippen LogP contribution is -2.51. The number of methoxy groups -OCH3 is 1. The molecule has 2 fully saturated rings. The molecule has 2 N–H and O–H groups in total. The third kappa shape index (κ3) is 3.87. The lowest BCUT2D eigenvalue weighted by atomic mass is 9.95. The van der Waals surface area contributed by atoms with Crippen LogP contribution in [0.2, 0.25) is 0 Å². The van der Waals surface area contributed by atoms with Gasteiger partial charge < -0.3 is 25.2 Å². The molecule has 0 radical (unpaired) electrons. The minimum atomic E-state index is 0.197. The summed E-state index contributed by atoms with van der Waals surface area (Å²) in [5.41, 5.74) is 8.15. The molecule has 180 valence electrons. The number of nitrogens with zero attached hydrogens (tertiary/aromatic N) is 4. The molecule has 6 rings (SSSR count). The number of piperazine rings is 1. The summed E-state index contributed by atoms with van der Waals surface area (Å²) in [7, 11) is 1.80. The molecule has 1 aromatic heterocycles. The molecule has 2 saturated heterocycles. The van der Waals surface area contributed by atoms with Gasteiger partial charge in [-0.1, -0.05) is 6.08 Å². The van der Waals surface area contributed by atoms with E-state index >= 15 is 0 Å². The molecular weight excluding hydrogens is 436 g/mol. The molecule has 4 aliphatic rings. The second-order valence-electron chi connectivity index (χ2n) is 9.98. The molecule has 7 heteroatoms. The van der Waals surface area contributed by atoms with Gasteiger partial charge in [-0.05, 0) is 67.8 Å². The highest BCUT2D eigenvalue weighted by atomic mass is 16.5. The molecule has 0 amide bonds. The van der Waals surface area contributed by atoms with E-state index in [0.29, 0.717) is 17.6 Å². The Morgan fingerprint density at radius 2 is 2.17 bits per heavy atom. The maximum absolute atomic E-state index is 9.54. The van der Waals surface area contributed by atoms with Gasteiger partial charge in [-0.3, -0.25) is 4.98 Å². The lowest BCUT2D eigenvalue weighted by molar-refractivity contribution is 0.0555. The summed E-state index contributed by atoms with van der Waals surface area (Å²) in [6, 6.07) is 11.1. The average molecular weight is 469 g/mol. The zero-order chi connectivity index (χ0) is 23.9. The predicted molar refractivity (Wildman–Crippen MR) is 138 cm³/mol. The lowest BCUT2D eigenvalue weighted by Gasteiger charge is -2.42. The topological polar surface area (TPSA) is 76.5 Å². The number of benzene rings is 1. The zero-order valence-electron chi connectivity index (χ0n) is 20.4. The third-order valence-corrected chi connectivity index (χ3v) is 7.93. The third-order valence-electron chi connectivity index (χ3n) is 7.93. The van der Waals surface area contributed by atoms with E-state index in [1.165, 1.54) is 22.5 Å². The van der Waals surface area contributed by atoms with Gasteiger partial charge in [-0.15, -0.1) is 0 Å².